The summed E-state index contributed by atoms with van der Waals surface area (Å²) in [6.07, 6.45) is -0.604. The average molecular weight is 329 g/mol. The van der Waals surface area contributed by atoms with E-state index in [-0.39, 0.29) is 5.88 Å². The van der Waals surface area contributed by atoms with Crippen LogP contribution in [0, 0.1) is 0 Å². The monoisotopic (exact) mass is 327 g/mol. The number of benzene rings is 1. The molecule has 1 aromatic carbocycles. The summed E-state index contributed by atoms with van der Waals surface area (Å²) in [4.78, 5) is 0. The first-order valence-corrected chi connectivity index (χ1v) is 6.30. The quantitative estimate of drug-likeness (QED) is 0.816. The van der Waals surface area contributed by atoms with Gasteiger partial charge >= 0.3 is 0 Å². The van der Waals surface area contributed by atoms with Crippen molar-refractivity contribution < 1.29 is 9.84 Å². The highest BCUT2D eigenvalue weighted by Gasteiger charge is 2.08. The van der Waals surface area contributed by atoms with E-state index in [1.165, 1.54) is 0 Å². The number of nitrogens with one attached hydrogen (secondary N) is 1. The predicted molar refractivity (Wildman–Crippen MR) is 70.9 cm³/mol. The van der Waals surface area contributed by atoms with Gasteiger partial charge in [-0.15, -0.1) is 11.6 Å². The summed E-state index contributed by atoms with van der Waals surface area (Å²) in [7, 11) is 1.57. The van der Waals surface area contributed by atoms with Crippen molar-refractivity contribution in [3.63, 3.8) is 0 Å². The molecule has 3 nitrogen and oxygen atoms in total. The molecule has 0 aliphatic carbocycles. The molecule has 0 radical (unpaired) electrons. The second kappa shape index (κ2) is 6.55. The largest absolute Gasteiger partial charge is 0.495 e. The Morgan fingerprint density at radius 2 is 2.25 bits per heavy atom. The van der Waals surface area contributed by atoms with E-state index in [2.05, 4.69) is 21.2 Å². The van der Waals surface area contributed by atoms with E-state index >= 15 is 0 Å². The van der Waals surface area contributed by atoms with Crippen LogP contribution in [0.1, 0.15) is 0 Å². The van der Waals surface area contributed by atoms with Gasteiger partial charge in [0.05, 0.1) is 34.3 Å². The minimum atomic E-state index is -0.604. The van der Waals surface area contributed by atoms with E-state index in [9.17, 15) is 5.11 Å². The minimum Gasteiger partial charge on any atom is -0.495 e. The fourth-order valence-corrected chi connectivity index (χ4v) is 2.08. The van der Waals surface area contributed by atoms with E-state index in [0.29, 0.717) is 23.0 Å². The first-order valence-electron chi connectivity index (χ1n) is 4.59. The molecule has 0 saturated heterocycles. The molecule has 0 amide bonds. The Balaban J connectivity index is 2.79. The molecule has 1 aromatic rings. The second-order valence-corrected chi connectivity index (χ2v) is 4.73. The zero-order valence-electron chi connectivity index (χ0n) is 8.64. The van der Waals surface area contributed by atoms with Gasteiger partial charge in [0, 0.05) is 12.6 Å². The van der Waals surface area contributed by atoms with Gasteiger partial charge in [-0.2, -0.15) is 0 Å². The number of aliphatic hydroxyl groups is 1. The van der Waals surface area contributed by atoms with Crippen molar-refractivity contribution >= 4 is 44.8 Å². The zero-order valence-corrected chi connectivity index (χ0v) is 11.7. The molecule has 2 N–H and O–H groups in total. The molecule has 90 valence electrons. The lowest BCUT2D eigenvalue weighted by Gasteiger charge is -2.13. The number of hydrogen-bond acceptors (Lipinski definition) is 3. The molecule has 0 spiro atoms. The average Bonchev–Trinajstić information content (AvgIpc) is 2.27. The lowest BCUT2D eigenvalue weighted by molar-refractivity contribution is 0.211. The molecule has 0 heterocycles. The third kappa shape index (κ3) is 3.70. The normalized spacial score (nSPS) is 12.3. The van der Waals surface area contributed by atoms with Gasteiger partial charge in [0.25, 0.3) is 0 Å². The Hall–Kier alpha value is -0.160. The Bertz CT molecular complexity index is 363. The van der Waals surface area contributed by atoms with Crippen molar-refractivity contribution in [2.75, 3.05) is 24.9 Å². The van der Waals surface area contributed by atoms with Crippen LogP contribution in [0.15, 0.2) is 16.6 Å². The summed E-state index contributed by atoms with van der Waals surface area (Å²) in [6, 6.07) is 3.49. The molecule has 0 saturated carbocycles. The first-order chi connectivity index (χ1) is 7.58. The third-order valence-corrected chi connectivity index (χ3v) is 3.24. The Morgan fingerprint density at radius 3 is 2.81 bits per heavy atom. The topological polar surface area (TPSA) is 41.5 Å². The van der Waals surface area contributed by atoms with Crippen LogP contribution < -0.4 is 10.1 Å². The second-order valence-electron chi connectivity index (χ2n) is 3.16. The Labute approximate surface area is 113 Å². The van der Waals surface area contributed by atoms with Crippen molar-refractivity contribution in [1.29, 1.82) is 0 Å². The standard InChI is InChI=1S/C10H12BrCl2NO2/c1-16-10-3-9(8(13)2-7(10)11)14-5-6(15)4-12/h2-3,6,14-15H,4-5H2,1H3. The van der Waals surface area contributed by atoms with Crippen LogP contribution >= 0.6 is 39.1 Å². The highest BCUT2D eigenvalue weighted by molar-refractivity contribution is 9.10. The summed E-state index contributed by atoms with van der Waals surface area (Å²) in [5, 5.41) is 12.9. The van der Waals surface area contributed by atoms with Gasteiger partial charge in [0.15, 0.2) is 0 Å². The molecular formula is C10H12BrCl2NO2. The molecule has 0 aliphatic rings. The number of halogens is 3. The zero-order chi connectivity index (χ0) is 12.1. The maximum Gasteiger partial charge on any atom is 0.135 e. The summed E-state index contributed by atoms with van der Waals surface area (Å²) in [5.74, 6) is 0.852. The highest BCUT2D eigenvalue weighted by atomic mass is 79.9. The molecule has 16 heavy (non-hydrogen) atoms. The summed E-state index contributed by atoms with van der Waals surface area (Å²) in [6.45, 7) is 0.341. The lowest BCUT2D eigenvalue weighted by Crippen LogP contribution is -2.20. The van der Waals surface area contributed by atoms with Gasteiger partial charge < -0.3 is 15.2 Å². The van der Waals surface area contributed by atoms with Crippen LogP contribution in [0.4, 0.5) is 5.69 Å². The van der Waals surface area contributed by atoms with Crippen LogP contribution in [-0.2, 0) is 0 Å². The number of anilines is 1. The number of rotatable bonds is 5. The van der Waals surface area contributed by atoms with Gasteiger partial charge in [-0.1, -0.05) is 11.6 Å². The van der Waals surface area contributed by atoms with E-state index in [0.717, 1.165) is 4.47 Å². The van der Waals surface area contributed by atoms with Crippen LogP contribution in [0.5, 0.6) is 5.75 Å². The molecule has 1 atom stereocenters. The fraction of sp³-hybridized carbons (Fsp3) is 0.400. The van der Waals surface area contributed by atoms with E-state index in [1.54, 1.807) is 19.2 Å². The molecular weight excluding hydrogens is 317 g/mol. The first kappa shape index (κ1) is 13.9. The number of alkyl halides is 1. The van der Waals surface area contributed by atoms with Crippen LogP contribution in [0.2, 0.25) is 5.02 Å². The number of ether oxygens (including phenoxy) is 1. The van der Waals surface area contributed by atoms with Gasteiger partial charge in [0.2, 0.25) is 0 Å². The van der Waals surface area contributed by atoms with Crippen LogP contribution in [0.3, 0.4) is 0 Å². The van der Waals surface area contributed by atoms with Crippen molar-refractivity contribution in [3.8, 4) is 5.75 Å². The SMILES string of the molecule is COc1cc(NCC(O)CCl)c(Cl)cc1Br. The molecule has 6 heteroatoms. The van der Waals surface area contributed by atoms with Gasteiger partial charge in [-0.05, 0) is 22.0 Å². The fourth-order valence-electron chi connectivity index (χ4n) is 1.10. The Kier molecular flexibility index (Phi) is 5.69. The van der Waals surface area contributed by atoms with Crippen LogP contribution in [-0.4, -0.2) is 30.7 Å². The summed E-state index contributed by atoms with van der Waals surface area (Å²) in [5.41, 5.74) is 0.700. The number of aliphatic hydroxyl groups excluding tert-OH is 1. The van der Waals surface area contributed by atoms with Crippen molar-refractivity contribution in [2.24, 2.45) is 0 Å². The summed E-state index contributed by atoms with van der Waals surface area (Å²) < 4.78 is 5.92. The molecule has 1 unspecified atom stereocenters. The van der Waals surface area contributed by atoms with E-state index < -0.39 is 6.10 Å². The Morgan fingerprint density at radius 1 is 1.56 bits per heavy atom. The molecule has 0 aromatic heterocycles. The highest BCUT2D eigenvalue weighted by Crippen LogP contribution is 2.34. The van der Waals surface area contributed by atoms with Gasteiger partial charge in [-0.3, -0.25) is 0 Å². The van der Waals surface area contributed by atoms with Crippen molar-refractivity contribution in [1.82, 2.24) is 0 Å². The summed E-state index contributed by atoms with van der Waals surface area (Å²) >= 11 is 14.8. The number of methoxy groups -OCH3 is 1. The molecule has 0 aliphatic heterocycles. The maximum absolute atomic E-state index is 9.31. The molecule has 1 rings (SSSR count). The smallest absolute Gasteiger partial charge is 0.135 e. The third-order valence-electron chi connectivity index (χ3n) is 1.95. The van der Waals surface area contributed by atoms with Gasteiger partial charge in [0.1, 0.15) is 5.75 Å². The molecule has 0 fully saturated rings. The maximum atomic E-state index is 9.31. The van der Waals surface area contributed by atoms with E-state index in [1.807, 2.05) is 0 Å². The van der Waals surface area contributed by atoms with Crippen molar-refractivity contribution in [2.45, 2.75) is 6.10 Å². The molecule has 0 bridgehead atoms. The number of hydrogen-bond donors (Lipinski definition) is 2. The van der Waals surface area contributed by atoms with Crippen LogP contribution in [0.25, 0.3) is 0 Å². The minimum absolute atomic E-state index is 0.179. The van der Waals surface area contributed by atoms with Crippen molar-refractivity contribution in [3.05, 3.63) is 21.6 Å². The predicted octanol–water partition coefficient (Wildman–Crippen LogP) is 3.12. The van der Waals surface area contributed by atoms with E-state index in [4.69, 9.17) is 27.9 Å². The van der Waals surface area contributed by atoms with Gasteiger partial charge in [-0.25, -0.2) is 0 Å². The lowest BCUT2D eigenvalue weighted by atomic mass is 10.3.